The largest absolute Gasteiger partial charge is 0.294 e. The first-order valence-corrected chi connectivity index (χ1v) is 9.50. The lowest BCUT2D eigenvalue weighted by Crippen LogP contribution is -1.85. The maximum atomic E-state index is 10.9. The van der Waals surface area contributed by atoms with E-state index in [4.69, 9.17) is 0 Å². The molecule has 3 aromatic heterocycles. The summed E-state index contributed by atoms with van der Waals surface area (Å²) < 4.78 is 4.61. The maximum absolute atomic E-state index is 10.9. The molecular formula is C15H9BrN4O2S2. The molecule has 24 heavy (non-hydrogen) atoms. The Morgan fingerprint density at radius 1 is 1.29 bits per heavy atom. The summed E-state index contributed by atoms with van der Waals surface area (Å²) in [5.41, 5.74) is 2.70. The standard InChI is InChI=1S/C15H9BrN4O2S2/c16-14-11(17-13-3-1-2-6-19(13)14)8-23-15-18-10-5-4-9(20(21)22)7-12(10)24-15/h1-7H,8H2. The summed E-state index contributed by atoms with van der Waals surface area (Å²) in [5, 5.41) is 10.9. The van der Waals surface area contributed by atoms with Gasteiger partial charge in [0.15, 0.2) is 4.34 Å². The molecule has 0 saturated carbocycles. The Bertz CT molecular complexity index is 1080. The van der Waals surface area contributed by atoms with E-state index in [0.29, 0.717) is 5.75 Å². The van der Waals surface area contributed by atoms with E-state index in [1.807, 2.05) is 28.8 Å². The number of benzene rings is 1. The fourth-order valence-corrected chi connectivity index (χ4v) is 5.05. The van der Waals surface area contributed by atoms with Crippen molar-refractivity contribution >= 4 is 60.6 Å². The number of nitrogens with zero attached hydrogens (tertiary/aromatic N) is 4. The molecule has 0 fully saturated rings. The first-order chi connectivity index (χ1) is 11.6. The summed E-state index contributed by atoms with van der Waals surface area (Å²) in [5.74, 6) is 0.671. The first-order valence-electron chi connectivity index (χ1n) is 6.91. The third-order valence-corrected chi connectivity index (χ3v) is 6.45. The summed E-state index contributed by atoms with van der Waals surface area (Å²) >= 11 is 6.61. The molecule has 0 unspecified atom stereocenters. The molecule has 1 aromatic carbocycles. The number of pyridine rings is 1. The lowest BCUT2D eigenvalue weighted by Gasteiger charge is -1.95. The van der Waals surface area contributed by atoms with Crippen LogP contribution in [-0.4, -0.2) is 19.3 Å². The Kier molecular flexibility index (Phi) is 3.99. The fraction of sp³-hybridized carbons (Fsp3) is 0.0667. The van der Waals surface area contributed by atoms with Crippen LogP contribution < -0.4 is 0 Å². The van der Waals surface area contributed by atoms with Crippen molar-refractivity contribution in [1.29, 1.82) is 0 Å². The lowest BCUT2D eigenvalue weighted by molar-refractivity contribution is -0.384. The molecule has 0 N–H and O–H groups in total. The SMILES string of the molecule is O=[N+]([O-])c1ccc2nc(SCc3nc4ccccn4c3Br)sc2c1. The highest BCUT2D eigenvalue weighted by Gasteiger charge is 2.13. The predicted molar refractivity (Wildman–Crippen MR) is 98.7 cm³/mol. The third-order valence-electron chi connectivity index (χ3n) is 3.43. The number of rotatable bonds is 4. The normalized spacial score (nSPS) is 11.4. The van der Waals surface area contributed by atoms with Gasteiger partial charge in [0.25, 0.3) is 5.69 Å². The number of hydrogen-bond donors (Lipinski definition) is 0. The van der Waals surface area contributed by atoms with Gasteiger partial charge in [-0.3, -0.25) is 14.5 Å². The highest BCUT2D eigenvalue weighted by Crippen LogP contribution is 2.34. The lowest BCUT2D eigenvalue weighted by atomic mass is 10.3. The van der Waals surface area contributed by atoms with Gasteiger partial charge in [-0.2, -0.15) is 0 Å². The average molecular weight is 421 g/mol. The van der Waals surface area contributed by atoms with E-state index < -0.39 is 0 Å². The van der Waals surface area contributed by atoms with Crippen LogP contribution in [-0.2, 0) is 5.75 Å². The second-order valence-corrected chi connectivity index (χ2v) is 7.96. The molecule has 120 valence electrons. The van der Waals surface area contributed by atoms with Gasteiger partial charge < -0.3 is 0 Å². The molecule has 6 nitrogen and oxygen atoms in total. The minimum Gasteiger partial charge on any atom is -0.294 e. The molecule has 4 rings (SSSR count). The summed E-state index contributed by atoms with van der Waals surface area (Å²) in [6.07, 6.45) is 1.96. The van der Waals surface area contributed by atoms with E-state index in [1.54, 1.807) is 23.9 Å². The number of thioether (sulfide) groups is 1. The molecule has 0 aliphatic heterocycles. The highest BCUT2D eigenvalue weighted by atomic mass is 79.9. The summed E-state index contributed by atoms with van der Waals surface area (Å²) in [6, 6.07) is 10.6. The zero-order chi connectivity index (χ0) is 16.7. The minimum absolute atomic E-state index is 0.0887. The summed E-state index contributed by atoms with van der Waals surface area (Å²) in [4.78, 5) is 19.6. The van der Waals surface area contributed by atoms with Crippen molar-refractivity contribution in [3.8, 4) is 0 Å². The highest BCUT2D eigenvalue weighted by molar-refractivity contribution is 9.10. The van der Waals surface area contributed by atoms with Crippen LogP contribution in [0.5, 0.6) is 0 Å². The van der Waals surface area contributed by atoms with Crippen LogP contribution in [0.3, 0.4) is 0 Å². The molecule has 0 aliphatic carbocycles. The van der Waals surface area contributed by atoms with E-state index in [2.05, 4.69) is 25.9 Å². The second-order valence-electron chi connectivity index (χ2n) is 4.96. The van der Waals surface area contributed by atoms with Crippen LogP contribution >= 0.6 is 39.0 Å². The summed E-state index contributed by atoms with van der Waals surface area (Å²) in [6.45, 7) is 0. The Morgan fingerprint density at radius 2 is 2.17 bits per heavy atom. The zero-order valence-corrected chi connectivity index (χ0v) is 15.3. The van der Waals surface area contributed by atoms with Gasteiger partial charge in [-0.1, -0.05) is 17.8 Å². The van der Waals surface area contributed by atoms with Crippen LogP contribution in [0.15, 0.2) is 51.5 Å². The molecule has 0 radical (unpaired) electrons. The van der Waals surface area contributed by atoms with Crippen molar-refractivity contribution in [3.05, 3.63) is 63.0 Å². The Hall–Kier alpha value is -1.97. The number of imidazole rings is 1. The zero-order valence-electron chi connectivity index (χ0n) is 12.0. The number of halogens is 1. The molecule has 0 aliphatic rings. The molecule has 9 heteroatoms. The average Bonchev–Trinajstić information content (AvgIpc) is 3.13. The Morgan fingerprint density at radius 3 is 2.96 bits per heavy atom. The van der Waals surface area contributed by atoms with Gasteiger partial charge in [0.2, 0.25) is 0 Å². The van der Waals surface area contributed by atoms with Crippen LogP contribution in [0.25, 0.3) is 15.9 Å². The number of thiazole rings is 1. The molecule has 0 saturated heterocycles. The van der Waals surface area contributed by atoms with Crippen molar-refractivity contribution in [2.75, 3.05) is 0 Å². The van der Waals surface area contributed by atoms with Crippen LogP contribution in [0.4, 0.5) is 5.69 Å². The number of non-ortho nitro benzene ring substituents is 1. The van der Waals surface area contributed by atoms with Crippen LogP contribution in [0, 0.1) is 10.1 Å². The smallest absolute Gasteiger partial charge is 0.270 e. The van der Waals surface area contributed by atoms with Crippen molar-refractivity contribution < 1.29 is 4.92 Å². The molecule has 3 heterocycles. The van der Waals surface area contributed by atoms with E-state index in [0.717, 1.165) is 30.5 Å². The van der Waals surface area contributed by atoms with E-state index in [9.17, 15) is 10.1 Å². The van der Waals surface area contributed by atoms with Gasteiger partial charge in [0, 0.05) is 24.1 Å². The fourth-order valence-electron chi connectivity index (χ4n) is 2.30. The molecule has 0 spiro atoms. The molecule has 0 amide bonds. The number of fused-ring (bicyclic) bond motifs is 2. The Balaban J connectivity index is 1.59. The van der Waals surface area contributed by atoms with Crippen molar-refractivity contribution in [3.63, 3.8) is 0 Å². The van der Waals surface area contributed by atoms with Gasteiger partial charge in [0.05, 0.1) is 20.8 Å². The molecular weight excluding hydrogens is 412 g/mol. The quantitative estimate of drug-likeness (QED) is 0.266. The molecule has 0 atom stereocenters. The third kappa shape index (κ3) is 2.79. The van der Waals surface area contributed by atoms with Crippen LogP contribution in [0.1, 0.15) is 5.69 Å². The number of nitro benzene ring substituents is 1. The van der Waals surface area contributed by atoms with Gasteiger partial charge in [0.1, 0.15) is 10.3 Å². The molecule has 0 bridgehead atoms. The van der Waals surface area contributed by atoms with Gasteiger partial charge in [-0.15, -0.1) is 11.3 Å². The molecule has 4 aromatic rings. The number of aromatic nitrogens is 3. The number of hydrogen-bond acceptors (Lipinski definition) is 6. The topological polar surface area (TPSA) is 73.3 Å². The summed E-state index contributed by atoms with van der Waals surface area (Å²) in [7, 11) is 0. The predicted octanol–water partition coefficient (Wildman–Crippen LogP) is 4.91. The second kappa shape index (κ2) is 6.15. The minimum atomic E-state index is -0.389. The van der Waals surface area contributed by atoms with E-state index in [1.165, 1.54) is 17.4 Å². The monoisotopic (exact) mass is 420 g/mol. The van der Waals surface area contributed by atoms with Gasteiger partial charge >= 0.3 is 0 Å². The van der Waals surface area contributed by atoms with Gasteiger partial charge in [-0.25, -0.2) is 9.97 Å². The van der Waals surface area contributed by atoms with E-state index >= 15 is 0 Å². The number of nitro groups is 1. The van der Waals surface area contributed by atoms with Crippen molar-refractivity contribution in [2.24, 2.45) is 0 Å². The van der Waals surface area contributed by atoms with Crippen LogP contribution in [0.2, 0.25) is 0 Å². The first kappa shape index (κ1) is 15.6. The maximum Gasteiger partial charge on any atom is 0.270 e. The van der Waals surface area contributed by atoms with Crippen molar-refractivity contribution in [2.45, 2.75) is 10.1 Å². The van der Waals surface area contributed by atoms with Crippen molar-refractivity contribution in [1.82, 2.24) is 14.4 Å². The Labute approximate surface area is 152 Å². The van der Waals surface area contributed by atoms with E-state index in [-0.39, 0.29) is 10.6 Å². The van der Waals surface area contributed by atoms with Gasteiger partial charge in [-0.05, 0) is 34.1 Å².